The number of aromatic amines is 1. The molecule has 1 aromatic heterocycles. The van der Waals surface area contributed by atoms with Gasteiger partial charge in [-0.25, -0.2) is 4.79 Å². The smallest absolute Gasteiger partial charge is 0.354 e. The minimum atomic E-state index is -0.344. The Morgan fingerprint density at radius 3 is 2.71 bits per heavy atom. The first-order chi connectivity index (χ1) is 10.0. The summed E-state index contributed by atoms with van der Waals surface area (Å²) in [6.45, 7) is 7.04. The molecule has 1 aromatic carbocycles. The maximum Gasteiger partial charge on any atom is 0.354 e. The monoisotopic (exact) mass is 286 g/mol. The molecule has 4 heteroatoms. The Bertz CT molecular complexity index is 631. The van der Waals surface area contributed by atoms with Crippen LogP contribution in [0.15, 0.2) is 30.3 Å². The third-order valence-corrected chi connectivity index (χ3v) is 3.64. The van der Waals surface area contributed by atoms with Crippen molar-refractivity contribution in [2.24, 2.45) is 0 Å². The lowest BCUT2D eigenvalue weighted by molar-refractivity contribution is 0.0594. The second kappa shape index (κ2) is 6.59. The first-order valence-corrected chi connectivity index (χ1v) is 7.08. The maximum absolute atomic E-state index is 11.4. The van der Waals surface area contributed by atoms with Crippen molar-refractivity contribution >= 4 is 5.97 Å². The molecule has 0 fully saturated rings. The lowest BCUT2D eigenvalue weighted by Crippen LogP contribution is -2.19. The molecule has 0 aliphatic carbocycles. The van der Waals surface area contributed by atoms with Gasteiger partial charge < -0.3 is 15.0 Å². The van der Waals surface area contributed by atoms with Crippen LogP contribution in [0.2, 0.25) is 0 Å². The zero-order valence-corrected chi connectivity index (χ0v) is 13.0. The van der Waals surface area contributed by atoms with Crippen molar-refractivity contribution in [3.05, 3.63) is 58.4 Å². The summed E-state index contributed by atoms with van der Waals surface area (Å²) in [5, 5.41) is 3.46. The summed E-state index contributed by atoms with van der Waals surface area (Å²) in [4.78, 5) is 14.4. The molecule has 1 atom stereocenters. The highest BCUT2D eigenvalue weighted by Crippen LogP contribution is 2.19. The summed E-state index contributed by atoms with van der Waals surface area (Å²) in [6, 6.07) is 10.4. The number of hydrogen-bond acceptors (Lipinski definition) is 3. The average molecular weight is 286 g/mol. The van der Waals surface area contributed by atoms with Gasteiger partial charge in [0, 0.05) is 18.3 Å². The fraction of sp³-hybridized carbons (Fsp3) is 0.353. The van der Waals surface area contributed by atoms with Crippen LogP contribution in [-0.4, -0.2) is 18.1 Å². The van der Waals surface area contributed by atoms with Gasteiger partial charge in [0.25, 0.3) is 0 Å². The fourth-order valence-electron chi connectivity index (χ4n) is 2.46. The van der Waals surface area contributed by atoms with Crippen LogP contribution >= 0.6 is 0 Å². The number of H-pyrrole nitrogens is 1. The number of rotatable bonds is 5. The van der Waals surface area contributed by atoms with Crippen LogP contribution in [0.4, 0.5) is 0 Å². The number of hydrogen-bond donors (Lipinski definition) is 2. The first-order valence-electron chi connectivity index (χ1n) is 7.08. The van der Waals surface area contributed by atoms with Crippen molar-refractivity contribution in [1.82, 2.24) is 10.3 Å². The molecule has 4 nitrogen and oxygen atoms in total. The average Bonchev–Trinajstić information content (AvgIpc) is 2.92. The summed E-state index contributed by atoms with van der Waals surface area (Å²) in [5.41, 5.74) is 5.30. The quantitative estimate of drug-likeness (QED) is 0.829. The predicted molar refractivity (Wildman–Crippen MR) is 83.3 cm³/mol. The Morgan fingerprint density at radius 2 is 2.05 bits per heavy atom. The molecule has 0 aliphatic rings. The molecule has 0 aliphatic heterocycles. The zero-order valence-electron chi connectivity index (χ0n) is 13.0. The van der Waals surface area contributed by atoms with Gasteiger partial charge in [0.2, 0.25) is 0 Å². The molecule has 0 radical (unpaired) electrons. The van der Waals surface area contributed by atoms with Crippen molar-refractivity contribution in [1.29, 1.82) is 0 Å². The first kappa shape index (κ1) is 15.3. The van der Waals surface area contributed by atoms with Gasteiger partial charge in [0.05, 0.1) is 7.11 Å². The van der Waals surface area contributed by atoms with Crippen molar-refractivity contribution in [3.63, 3.8) is 0 Å². The Morgan fingerprint density at radius 1 is 1.29 bits per heavy atom. The highest BCUT2D eigenvalue weighted by atomic mass is 16.5. The van der Waals surface area contributed by atoms with Crippen LogP contribution < -0.4 is 5.32 Å². The lowest BCUT2D eigenvalue weighted by atomic mass is 10.0. The summed E-state index contributed by atoms with van der Waals surface area (Å²) >= 11 is 0. The number of nitrogens with one attached hydrogen (secondary N) is 2. The number of aromatic nitrogens is 1. The van der Waals surface area contributed by atoms with Gasteiger partial charge in [0.1, 0.15) is 5.69 Å². The number of esters is 1. The van der Waals surface area contributed by atoms with E-state index in [1.807, 2.05) is 6.07 Å². The number of benzene rings is 1. The normalized spacial score (nSPS) is 12.2. The Hall–Kier alpha value is -2.07. The minimum Gasteiger partial charge on any atom is -0.464 e. The van der Waals surface area contributed by atoms with Gasteiger partial charge in [-0.3, -0.25) is 0 Å². The lowest BCUT2D eigenvalue weighted by Gasteiger charge is -2.16. The second-order valence-corrected chi connectivity index (χ2v) is 5.35. The Kier molecular flexibility index (Phi) is 4.81. The highest BCUT2D eigenvalue weighted by Gasteiger charge is 2.10. The van der Waals surface area contributed by atoms with E-state index in [4.69, 9.17) is 0 Å². The molecule has 2 rings (SSSR count). The van der Waals surface area contributed by atoms with Crippen molar-refractivity contribution in [2.45, 2.75) is 33.4 Å². The van der Waals surface area contributed by atoms with E-state index >= 15 is 0 Å². The molecule has 0 bridgehead atoms. The molecule has 0 amide bonds. The van der Waals surface area contributed by atoms with Crippen LogP contribution in [0, 0.1) is 13.8 Å². The summed E-state index contributed by atoms with van der Waals surface area (Å²) in [5.74, 6) is -0.344. The van der Waals surface area contributed by atoms with Gasteiger partial charge in [-0.1, -0.05) is 23.8 Å². The summed E-state index contributed by atoms with van der Waals surface area (Å²) < 4.78 is 4.68. The van der Waals surface area contributed by atoms with E-state index in [0.717, 1.165) is 5.69 Å². The number of methoxy groups -OCH3 is 1. The topological polar surface area (TPSA) is 54.1 Å². The molecule has 2 N–H and O–H groups in total. The standard InChI is InChI=1S/C17H22N2O2/c1-11-5-7-15(12(2)9-11)13(3)18-10-14-6-8-16(19-14)17(20)21-4/h5-9,13,18-19H,10H2,1-4H3. The minimum absolute atomic E-state index is 0.246. The number of aryl methyl sites for hydroxylation is 2. The predicted octanol–water partition coefficient (Wildman–Crippen LogP) is 3.27. The van der Waals surface area contributed by atoms with E-state index in [1.165, 1.54) is 23.8 Å². The molecule has 2 aromatic rings. The van der Waals surface area contributed by atoms with Crippen LogP contribution in [0.3, 0.4) is 0 Å². The van der Waals surface area contributed by atoms with Gasteiger partial charge in [-0.05, 0) is 44.0 Å². The van der Waals surface area contributed by atoms with E-state index in [2.05, 4.69) is 54.0 Å². The largest absolute Gasteiger partial charge is 0.464 e. The highest BCUT2D eigenvalue weighted by molar-refractivity contribution is 5.87. The number of ether oxygens (including phenoxy) is 1. The van der Waals surface area contributed by atoms with Crippen molar-refractivity contribution in [2.75, 3.05) is 7.11 Å². The molecular formula is C17H22N2O2. The van der Waals surface area contributed by atoms with E-state index < -0.39 is 0 Å². The van der Waals surface area contributed by atoms with Crippen LogP contribution in [0.25, 0.3) is 0 Å². The molecule has 112 valence electrons. The third-order valence-electron chi connectivity index (χ3n) is 3.64. The fourth-order valence-corrected chi connectivity index (χ4v) is 2.46. The third kappa shape index (κ3) is 3.73. The Balaban J connectivity index is 1.99. The van der Waals surface area contributed by atoms with Crippen LogP contribution in [0.5, 0.6) is 0 Å². The van der Waals surface area contributed by atoms with Gasteiger partial charge in [-0.2, -0.15) is 0 Å². The maximum atomic E-state index is 11.4. The van der Waals surface area contributed by atoms with E-state index in [0.29, 0.717) is 12.2 Å². The molecule has 1 heterocycles. The molecule has 21 heavy (non-hydrogen) atoms. The summed E-state index contributed by atoms with van der Waals surface area (Å²) in [7, 11) is 1.38. The number of carbonyl (C=O) groups is 1. The number of carbonyl (C=O) groups excluding carboxylic acids is 1. The zero-order chi connectivity index (χ0) is 15.4. The molecular weight excluding hydrogens is 264 g/mol. The van der Waals surface area contributed by atoms with Gasteiger partial charge in [0.15, 0.2) is 0 Å². The SMILES string of the molecule is COC(=O)c1ccc(CNC(C)c2ccc(C)cc2C)[nH]1. The van der Waals surface area contributed by atoms with E-state index in [9.17, 15) is 4.79 Å². The van der Waals surface area contributed by atoms with Gasteiger partial charge in [-0.15, -0.1) is 0 Å². The van der Waals surface area contributed by atoms with E-state index in [1.54, 1.807) is 6.07 Å². The Labute approximate surface area is 125 Å². The second-order valence-electron chi connectivity index (χ2n) is 5.35. The van der Waals surface area contributed by atoms with Crippen molar-refractivity contribution in [3.8, 4) is 0 Å². The summed E-state index contributed by atoms with van der Waals surface area (Å²) in [6.07, 6.45) is 0. The van der Waals surface area contributed by atoms with Gasteiger partial charge >= 0.3 is 5.97 Å². The van der Waals surface area contributed by atoms with Crippen molar-refractivity contribution < 1.29 is 9.53 Å². The molecule has 0 saturated carbocycles. The van der Waals surface area contributed by atoms with E-state index in [-0.39, 0.29) is 12.0 Å². The van der Waals surface area contributed by atoms with Crippen LogP contribution in [0.1, 0.15) is 45.8 Å². The molecule has 1 unspecified atom stereocenters. The molecule has 0 saturated heterocycles. The molecule has 0 spiro atoms. The van der Waals surface area contributed by atoms with Crippen LogP contribution in [-0.2, 0) is 11.3 Å².